The number of rotatable bonds is 4. The Kier molecular flexibility index (Phi) is 2.42. The average Bonchev–Trinajstić information content (AvgIpc) is 2.88. The quantitative estimate of drug-likeness (QED) is 0.578. The number of furan rings is 1. The third-order valence-electron chi connectivity index (χ3n) is 1.82. The van der Waals surface area contributed by atoms with Crippen molar-refractivity contribution in [2.45, 2.75) is 6.10 Å². The topological polar surface area (TPSA) is 89.3 Å². The number of carbonyl (C=O) groups excluding carboxylic acids is 1. The minimum Gasteiger partial charge on any atom is -0.475 e. The fraction of sp³-hybridized carbons (Fsp3) is 0.333. The predicted molar refractivity (Wildman–Crippen MR) is 45.7 cm³/mol. The van der Waals surface area contributed by atoms with Crippen LogP contribution in [0.5, 0.6) is 0 Å². The van der Waals surface area contributed by atoms with Crippen molar-refractivity contribution >= 4 is 11.9 Å². The normalized spacial score (nSPS) is 18.5. The first-order valence-electron chi connectivity index (χ1n) is 4.28. The minimum absolute atomic E-state index is 0.0251. The first-order chi connectivity index (χ1) is 7.16. The lowest BCUT2D eigenvalue weighted by Gasteiger charge is -1.98. The highest BCUT2D eigenvalue weighted by molar-refractivity contribution is 5.90. The zero-order valence-corrected chi connectivity index (χ0v) is 7.63. The van der Waals surface area contributed by atoms with Crippen molar-refractivity contribution in [3.63, 3.8) is 0 Å². The zero-order chi connectivity index (χ0) is 10.8. The Labute approximate surface area is 84.4 Å². The van der Waals surface area contributed by atoms with Crippen molar-refractivity contribution in [3.05, 3.63) is 23.7 Å². The number of aromatic carboxylic acids is 1. The first kappa shape index (κ1) is 9.72. The third kappa shape index (κ3) is 2.35. The van der Waals surface area contributed by atoms with Crippen molar-refractivity contribution < 1.29 is 28.6 Å². The maximum Gasteiger partial charge on any atom is 0.374 e. The number of ether oxygens (including phenoxy) is 2. The maximum absolute atomic E-state index is 11.2. The van der Waals surface area contributed by atoms with Crippen LogP contribution in [0.4, 0.5) is 0 Å². The minimum atomic E-state index is -1.22. The number of esters is 1. The third-order valence-corrected chi connectivity index (χ3v) is 1.82. The molecular weight excluding hydrogens is 204 g/mol. The van der Waals surface area contributed by atoms with Gasteiger partial charge in [0.2, 0.25) is 11.5 Å². The van der Waals surface area contributed by atoms with Crippen molar-refractivity contribution in [3.8, 4) is 0 Å². The molecule has 6 nitrogen and oxygen atoms in total. The van der Waals surface area contributed by atoms with E-state index in [1.54, 1.807) is 0 Å². The van der Waals surface area contributed by atoms with Gasteiger partial charge < -0.3 is 19.0 Å². The molecule has 0 radical (unpaired) electrons. The molecule has 15 heavy (non-hydrogen) atoms. The lowest BCUT2D eigenvalue weighted by molar-refractivity contribution is 0.0436. The van der Waals surface area contributed by atoms with Crippen molar-refractivity contribution in [2.75, 3.05) is 13.2 Å². The Bertz CT molecular complexity index is 389. The Morgan fingerprint density at radius 3 is 2.67 bits per heavy atom. The summed E-state index contributed by atoms with van der Waals surface area (Å²) in [6.45, 7) is 0.758. The van der Waals surface area contributed by atoms with Crippen LogP contribution >= 0.6 is 0 Å². The van der Waals surface area contributed by atoms with E-state index in [9.17, 15) is 9.59 Å². The van der Waals surface area contributed by atoms with E-state index in [0.717, 1.165) is 0 Å². The second-order valence-electron chi connectivity index (χ2n) is 3.02. The van der Waals surface area contributed by atoms with Gasteiger partial charge in [-0.25, -0.2) is 9.59 Å². The number of hydrogen-bond donors (Lipinski definition) is 1. The molecule has 1 unspecified atom stereocenters. The Morgan fingerprint density at radius 1 is 1.47 bits per heavy atom. The molecule has 1 aromatic rings. The summed E-state index contributed by atoms with van der Waals surface area (Å²) in [5.41, 5.74) is 0. The molecule has 0 aromatic carbocycles. The van der Waals surface area contributed by atoms with Crippen LogP contribution in [0.3, 0.4) is 0 Å². The summed E-state index contributed by atoms with van der Waals surface area (Å²) in [5.74, 6) is -2.31. The van der Waals surface area contributed by atoms with E-state index in [1.807, 2.05) is 0 Å². The summed E-state index contributed by atoms with van der Waals surface area (Å²) in [4.78, 5) is 21.7. The van der Waals surface area contributed by atoms with Crippen LogP contribution in [0.25, 0.3) is 0 Å². The SMILES string of the molecule is O=C(O)c1ccc(C(=O)OCC2CO2)o1. The fourth-order valence-electron chi connectivity index (χ4n) is 0.967. The molecule has 1 fully saturated rings. The summed E-state index contributed by atoms with van der Waals surface area (Å²) in [6.07, 6.45) is -0.0251. The van der Waals surface area contributed by atoms with Crippen LogP contribution in [-0.4, -0.2) is 36.4 Å². The lowest BCUT2D eigenvalue weighted by Crippen LogP contribution is -2.09. The molecule has 0 amide bonds. The average molecular weight is 212 g/mol. The smallest absolute Gasteiger partial charge is 0.374 e. The Balaban J connectivity index is 1.94. The molecular formula is C9H8O6. The Morgan fingerprint density at radius 2 is 2.13 bits per heavy atom. The van der Waals surface area contributed by atoms with Gasteiger partial charge in [-0.15, -0.1) is 0 Å². The van der Waals surface area contributed by atoms with Gasteiger partial charge in [-0.1, -0.05) is 0 Å². The van der Waals surface area contributed by atoms with Crippen molar-refractivity contribution in [1.29, 1.82) is 0 Å². The molecule has 2 rings (SSSR count). The second kappa shape index (κ2) is 3.74. The molecule has 1 aliphatic rings. The van der Waals surface area contributed by atoms with E-state index in [4.69, 9.17) is 19.0 Å². The standard InChI is InChI=1S/C9H8O6/c10-8(11)6-1-2-7(15-6)9(12)14-4-5-3-13-5/h1-2,5H,3-4H2,(H,10,11). The summed E-state index contributed by atoms with van der Waals surface area (Å²) < 4.78 is 14.4. The van der Waals surface area contributed by atoms with E-state index in [1.165, 1.54) is 12.1 Å². The molecule has 1 saturated heterocycles. The summed E-state index contributed by atoms with van der Waals surface area (Å²) in [6, 6.07) is 2.46. The molecule has 0 spiro atoms. The summed E-state index contributed by atoms with van der Waals surface area (Å²) >= 11 is 0. The van der Waals surface area contributed by atoms with Gasteiger partial charge >= 0.3 is 11.9 Å². The molecule has 2 heterocycles. The predicted octanol–water partition coefficient (Wildman–Crippen LogP) is 0.533. The van der Waals surface area contributed by atoms with Crippen molar-refractivity contribution in [2.24, 2.45) is 0 Å². The Hall–Kier alpha value is -1.82. The molecule has 1 N–H and O–H groups in total. The van der Waals surface area contributed by atoms with Crippen molar-refractivity contribution in [1.82, 2.24) is 0 Å². The van der Waals surface area contributed by atoms with E-state index < -0.39 is 11.9 Å². The van der Waals surface area contributed by atoms with E-state index in [-0.39, 0.29) is 24.2 Å². The molecule has 80 valence electrons. The lowest BCUT2D eigenvalue weighted by atomic mass is 10.4. The van der Waals surface area contributed by atoms with E-state index in [0.29, 0.717) is 6.61 Å². The molecule has 6 heteroatoms. The van der Waals surface area contributed by atoms with Gasteiger partial charge in [-0.05, 0) is 12.1 Å². The van der Waals surface area contributed by atoms with Crippen LogP contribution in [0, 0.1) is 0 Å². The van der Waals surface area contributed by atoms with Gasteiger partial charge in [-0.3, -0.25) is 0 Å². The number of hydrogen-bond acceptors (Lipinski definition) is 5. The monoisotopic (exact) mass is 212 g/mol. The van der Waals surface area contributed by atoms with Crippen LogP contribution in [-0.2, 0) is 9.47 Å². The molecule has 1 aliphatic heterocycles. The van der Waals surface area contributed by atoms with Gasteiger partial charge in [0.1, 0.15) is 12.7 Å². The number of carboxylic acids is 1. The van der Waals surface area contributed by atoms with Gasteiger partial charge in [0.05, 0.1) is 6.61 Å². The summed E-state index contributed by atoms with van der Waals surface area (Å²) in [5, 5.41) is 8.54. The molecule has 0 aliphatic carbocycles. The molecule has 0 saturated carbocycles. The highest BCUT2D eigenvalue weighted by Crippen LogP contribution is 2.12. The van der Waals surface area contributed by atoms with Gasteiger partial charge in [0.25, 0.3) is 0 Å². The van der Waals surface area contributed by atoms with E-state index >= 15 is 0 Å². The number of carboxylic acid groups (broad SMARTS) is 1. The van der Waals surface area contributed by atoms with Gasteiger partial charge in [0.15, 0.2) is 0 Å². The molecule has 1 atom stereocenters. The molecule has 0 bridgehead atoms. The first-order valence-corrected chi connectivity index (χ1v) is 4.28. The largest absolute Gasteiger partial charge is 0.475 e. The summed E-state index contributed by atoms with van der Waals surface area (Å²) in [7, 11) is 0. The van der Waals surface area contributed by atoms with Gasteiger partial charge in [0, 0.05) is 0 Å². The van der Waals surface area contributed by atoms with Crippen LogP contribution < -0.4 is 0 Å². The second-order valence-corrected chi connectivity index (χ2v) is 3.02. The number of epoxide rings is 1. The van der Waals surface area contributed by atoms with Crippen LogP contribution in [0.15, 0.2) is 16.5 Å². The van der Waals surface area contributed by atoms with E-state index in [2.05, 4.69) is 0 Å². The highest BCUT2D eigenvalue weighted by atomic mass is 16.6. The number of carbonyl (C=O) groups is 2. The van der Waals surface area contributed by atoms with Crippen LogP contribution in [0.1, 0.15) is 21.1 Å². The molecule has 1 aromatic heterocycles. The van der Waals surface area contributed by atoms with Crippen LogP contribution in [0.2, 0.25) is 0 Å². The fourth-order valence-corrected chi connectivity index (χ4v) is 0.967. The maximum atomic E-state index is 11.2. The zero-order valence-electron chi connectivity index (χ0n) is 7.63. The van der Waals surface area contributed by atoms with Gasteiger partial charge in [-0.2, -0.15) is 0 Å². The highest BCUT2D eigenvalue weighted by Gasteiger charge is 2.25.